The number of carbonyl (C=O) groups is 1. The Morgan fingerprint density at radius 2 is 2.12 bits per heavy atom. The lowest BCUT2D eigenvalue weighted by molar-refractivity contribution is 0.0927. The molecule has 0 radical (unpaired) electrons. The first-order chi connectivity index (χ1) is 12.5. The summed E-state index contributed by atoms with van der Waals surface area (Å²) < 4.78 is 5.93. The van der Waals surface area contributed by atoms with Crippen LogP contribution in [0.15, 0.2) is 36.7 Å². The quantitative estimate of drug-likeness (QED) is 0.733. The summed E-state index contributed by atoms with van der Waals surface area (Å²) in [5, 5.41) is 15.8. The highest BCUT2D eigenvalue weighted by Crippen LogP contribution is 2.26. The number of carbonyl (C=O) groups excluding carboxylic acids is 1. The summed E-state index contributed by atoms with van der Waals surface area (Å²) in [4.78, 5) is 16.5. The smallest absolute Gasteiger partial charge is 0.251 e. The lowest BCUT2D eigenvalue weighted by Crippen LogP contribution is -2.34. The lowest BCUT2D eigenvalue weighted by Gasteiger charge is -2.16. The number of nitrogens with zero attached hydrogens (tertiary/aromatic N) is 1. The van der Waals surface area contributed by atoms with Crippen LogP contribution in [0.4, 0.5) is 0 Å². The number of aliphatic hydroxyl groups excluding tert-OH is 1. The van der Waals surface area contributed by atoms with Crippen molar-refractivity contribution in [3.8, 4) is 5.75 Å². The van der Waals surface area contributed by atoms with Crippen molar-refractivity contribution in [2.75, 3.05) is 19.6 Å². The first-order valence-electron chi connectivity index (χ1n) is 8.84. The molecular formula is C20H25N3O3. The maximum absolute atomic E-state index is 12.4. The molecule has 2 heterocycles. The van der Waals surface area contributed by atoms with Gasteiger partial charge in [0.2, 0.25) is 0 Å². The Balaban J connectivity index is 1.63. The molecule has 1 aromatic carbocycles. The predicted octanol–water partition coefficient (Wildman–Crippen LogP) is 1.59. The molecule has 3 rings (SSSR count). The number of rotatable bonds is 6. The summed E-state index contributed by atoms with van der Waals surface area (Å²) in [6.07, 6.45) is 3.11. The highest BCUT2D eigenvalue weighted by atomic mass is 16.5. The number of aromatic nitrogens is 1. The predicted molar refractivity (Wildman–Crippen MR) is 99.2 cm³/mol. The number of β-amino-alcohol motifs (C(OH)–C–C–N with tert-alkyl or cyclic N) is 1. The summed E-state index contributed by atoms with van der Waals surface area (Å²) in [7, 11) is 0. The topological polar surface area (TPSA) is 83.5 Å². The van der Waals surface area contributed by atoms with Gasteiger partial charge in [-0.15, -0.1) is 0 Å². The van der Waals surface area contributed by atoms with Gasteiger partial charge < -0.3 is 20.5 Å². The second-order valence-electron chi connectivity index (χ2n) is 6.78. The molecule has 2 atom stereocenters. The average molecular weight is 355 g/mol. The molecule has 0 aliphatic carbocycles. The van der Waals surface area contributed by atoms with Gasteiger partial charge in [0.1, 0.15) is 12.4 Å². The van der Waals surface area contributed by atoms with E-state index in [0.29, 0.717) is 25.3 Å². The zero-order valence-corrected chi connectivity index (χ0v) is 15.2. The second kappa shape index (κ2) is 8.29. The fourth-order valence-electron chi connectivity index (χ4n) is 3.20. The number of pyridine rings is 1. The van der Waals surface area contributed by atoms with E-state index < -0.39 is 6.10 Å². The maximum Gasteiger partial charge on any atom is 0.251 e. The summed E-state index contributed by atoms with van der Waals surface area (Å²) in [5.41, 5.74) is 3.44. The van der Waals surface area contributed by atoms with Gasteiger partial charge in [-0.1, -0.05) is 6.07 Å². The number of aliphatic hydroxyl groups is 1. The van der Waals surface area contributed by atoms with Crippen molar-refractivity contribution in [3.05, 3.63) is 58.9 Å². The fraction of sp³-hybridized carbons (Fsp3) is 0.400. The van der Waals surface area contributed by atoms with Crippen LogP contribution in [0.25, 0.3) is 0 Å². The molecule has 26 heavy (non-hydrogen) atoms. The van der Waals surface area contributed by atoms with Crippen molar-refractivity contribution >= 4 is 5.91 Å². The van der Waals surface area contributed by atoms with Crippen molar-refractivity contribution in [3.63, 3.8) is 0 Å². The summed E-state index contributed by atoms with van der Waals surface area (Å²) in [6, 6.07) is 7.52. The second-order valence-corrected chi connectivity index (χ2v) is 6.78. The largest absolute Gasteiger partial charge is 0.488 e. The normalized spacial score (nSPS) is 19.3. The van der Waals surface area contributed by atoms with Gasteiger partial charge in [-0.2, -0.15) is 0 Å². The van der Waals surface area contributed by atoms with Gasteiger partial charge in [0.25, 0.3) is 5.91 Å². The van der Waals surface area contributed by atoms with Crippen LogP contribution < -0.4 is 15.4 Å². The van der Waals surface area contributed by atoms with E-state index in [1.54, 1.807) is 12.4 Å². The summed E-state index contributed by atoms with van der Waals surface area (Å²) in [5.74, 6) is 0.721. The van der Waals surface area contributed by atoms with Crippen LogP contribution in [-0.2, 0) is 6.61 Å². The molecule has 1 fully saturated rings. The Kier molecular flexibility index (Phi) is 5.85. The first-order valence-corrected chi connectivity index (χ1v) is 8.84. The van der Waals surface area contributed by atoms with Gasteiger partial charge in [-0.25, -0.2) is 0 Å². The van der Waals surface area contributed by atoms with E-state index in [4.69, 9.17) is 4.74 Å². The minimum absolute atomic E-state index is 0.0585. The highest BCUT2D eigenvalue weighted by Gasteiger charge is 2.25. The summed E-state index contributed by atoms with van der Waals surface area (Å²) in [6.45, 7) is 6.08. The van der Waals surface area contributed by atoms with E-state index in [9.17, 15) is 9.90 Å². The van der Waals surface area contributed by atoms with E-state index in [-0.39, 0.29) is 11.8 Å². The molecule has 0 spiro atoms. The number of hydrogen-bond acceptors (Lipinski definition) is 5. The van der Waals surface area contributed by atoms with Gasteiger partial charge in [0.15, 0.2) is 0 Å². The van der Waals surface area contributed by atoms with Gasteiger partial charge in [-0.05, 0) is 43.2 Å². The highest BCUT2D eigenvalue weighted by molar-refractivity contribution is 5.94. The van der Waals surface area contributed by atoms with E-state index in [0.717, 1.165) is 29.0 Å². The molecule has 6 nitrogen and oxygen atoms in total. The van der Waals surface area contributed by atoms with Crippen LogP contribution in [0.3, 0.4) is 0 Å². The molecule has 1 amide bonds. The molecule has 1 aromatic heterocycles. The van der Waals surface area contributed by atoms with Gasteiger partial charge in [0.05, 0.1) is 6.10 Å². The third kappa shape index (κ3) is 4.39. The Hall–Kier alpha value is -2.44. The molecular weight excluding hydrogens is 330 g/mol. The Bertz CT molecular complexity index is 741. The number of hydrogen-bond donors (Lipinski definition) is 3. The van der Waals surface area contributed by atoms with Crippen LogP contribution in [0.1, 0.15) is 27.0 Å². The van der Waals surface area contributed by atoms with E-state index in [1.165, 1.54) is 0 Å². The Labute approximate surface area is 153 Å². The minimum atomic E-state index is -0.401. The van der Waals surface area contributed by atoms with Gasteiger partial charge >= 0.3 is 0 Å². The molecule has 1 aliphatic heterocycles. The van der Waals surface area contributed by atoms with Crippen LogP contribution >= 0.6 is 0 Å². The van der Waals surface area contributed by atoms with Crippen molar-refractivity contribution in [2.45, 2.75) is 26.6 Å². The van der Waals surface area contributed by atoms with Crippen molar-refractivity contribution in [1.82, 2.24) is 15.6 Å². The third-order valence-corrected chi connectivity index (χ3v) is 4.66. The molecule has 1 saturated heterocycles. The molecule has 138 valence electrons. The number of nitrogens with one attached hydrogen (secondary N) is 2. The van der Waals surface area contributed by atoms with E-state index in [1.807, 2.05) is 38.1 Å². The fourth-order valence-corrected chi connectivity index (χ4v) is 3.20. The first kappa shape index (κ1) is 18.4. The van der Waals surface area contributed by atoms with Crippen LogP contribution in [0, 0.1) is 19.8 Å². The molecule has 6 heteroatoms. The van der Waals surface area contributed by atoms with Crippen molar-refractivity contribution < 1.29 is 14.6 Å². The monoisotopic (exact) mass is 355 g/mol. The maximum atomic E-state index is 12.4. The van der Waals surface area contributed by atoms with E-state index >= 15 is 0 Å². The number of ether oxygens (including phenoxy) is 1. The molecule has 2 aromatic rings. The van der Waals surface area contributed by atoms with Crippen molar-refractivity contribution in [1.29, 1.82) is 0 Å². The van der Waals surface area contributed by atoms with Crippen LogP contribution in [0.2, 0.25) is 0 Å². The summed E-state index contributed by atoms with van der Waals surface area (Å²) >= 11 is 0. The zero-order chi connectivity index (χ0) is 18.5. The minimum Gasteiger partial charge on any atom is -0.488 e. The standard InChI is InChI=1S/C20H25N3O3/c1-13-6-16(20(25)23-10-17-9-22-11-18(17)24)7-14(2)19(13)26-12-15-4-3-5-21-8-15/h3-8,17-18,22,24H,9-12H2,1-2H3,(H,23,25). The molecule has 0 bridgehead atoms. The Morgan fingerprint density at radius 3 is 2.73 bits per heavy atom. The Morgan fingerprint density at radius 1 is 1.35 bits per heavy atom. The van der Waals surface area contributed by atoms with E-state index in [2.05, 4.69) is 15.6 Å². The van der Waals surface area contributed by atoms with Gasteiger partial charge in [-0.3, -0.25) is 9.78 Å². The number of benzene rings is 1. The van der Waals surface area contributed by atoms with Crippen LogP contribution in [0.5, 0.6) is 5.75 Å². The van der Waals surface area contributed by atoms with Crippen molar-refractivity contribution in [2.24, 2.45) is 5.92 Å². The lowest BCUT2D eigenvalue weighted by atomic mass is 10.0. The SMILES string of the molecule is Cc1cc(C(=O)NCC2CNCC2O)cc(C)c1OCc1cccnc1. The van der Waals surface area contributed by atoms with Gasteiger partial charge in [0, 0.05) is 49.1 Å². The third-order valence-electron chi connectivity index (χ3n) is 4.66. The number of amides is 1. The molecule has 0 saturated carbocycles. The molecule has 1 aliphatic rings. The van der Waals surface area contributed by atoms with Crippen LogP contribution in [-0.4, -0.2) is 41.7 Å². The number of aryl methyl sites for hydroxylation is 2. The molecule has 3 N–H and O–H groups in total. The average Bonchev–Trinajstić information content (AvgIpc) is 3.04. The molecule has 2 unspecified atom stereocenters. The zero-order valence-electron chi connectivity index (χ0n) is 15.2.